The summed E-state index contributed by atoms with van der Waals surface area (Å²) in [4.78, 5) is 11.4. The lowest BCUT2D eigenvalue weighted by Gasteiger charge is -2.19. The second-order valence-corrected chi connectivity index (χ2v) is 7.01. The fourth-order valence-corrected chi connectivity index (χ4v) is 3.36. The van der Waals surface area contributed by atoms with Gasteiger partial charge in [-0.25, -0.2) is 0 Å². The Kier molecular flexibility index (Phi) is 6.30. The van der Waals surface area contributed by atoms with Gasteiger partial charge in [0.15, 0.2) is 0 Å². The van der Waals surface area contributed by atoms with E-state index in [0.717, 1.165) is 43.2 Å². The zero-order chi connectivity index (χ0) is 21.6. The normalized spacial score (nSPS) is 13.4. The van der Waals surface area contributed by atoms with Gasteiger partial charge in [0.05, 0.1) is 7.11 Å². The molecule has 1 fully saturated rings. The Labute approximate surface area is 179 Å². The molecule has 9 heteroatoms. The highest BCUT2D eigenvalue weighted by Gasteiger charge is 2.16. The standard InChI is InChI=1S/C22H23F2N5O2/c1-30-17-9-7-15(8-10-17)26-22-27-19(14-20(28-22)29-11-2-3-12-29)25-16-5-4-6-18(13-16)31-21(23)24/h4-10,13-14,21H,2-3,11-12H2,1H3,(H2,25,26,27,28). The minimum atomic E-state index is -2.88. The van der Waals surface area contributed by atoms with E-state index in [4.69, 9.17) is 4.74 Å². The second-order valence-electron chi connectivity index (χ2n) is 7.01. The van der Waals surface area contributed by atoms with Crippen molar-refractivity contribution in [2.75, 3.05) is 35.7 Å². The molecule has 0 amide bonds. The largest absolute Gasteiger partial charge is 0.497 e. The lowest BCUT2D eigenvalue weighted by molar-refractivity contribution is -0.0498. The van der Waals surface area contributed by atoms with E-state index in [0.29, 0.717) is 17.5 Å². The third-order valence-corrected chi connectivity index (χ3v) is 4.82. The molecule has 1 saturated heterocycles. The van der Waals surface area contributed by atoms with Gasteiger partial charge in [-0.15, -0.1) is 0 Å². The highest BCUT2D eigenvalue weighted by Crippen LogP contribution is 2.27. The summed E-state index contributed by atoms with van der Waals surface area (Å²) in [5, 5.41) is 6.38. The number of ether oxygens (including phenoxy) is 2. The molecule has 0 spiro atoms. The number of halogens is 2. The number of rotatable bonds is 8. The molecule has 2 N–H and O–H groups in total. The zero-order valence-electron chi connectivity index (χ0n) is 17.0. The summed E-state index contributed by atoms with van der Waals surface area (Å²) in [6.07, 6.45) is 2.22. The molecule has 2 aromatic carbocycles. The van der Waals surface area contributed by atoms with E-state index in [1.807, 2.05) is 30.3 Å². The number of nitrogens with zero attached hydrogens (tertiary/aromatic N) is 3. The number of alkyl halides is 2. The number of hydrogen-bond donors (Lipinski definition) is 2. The van der Waals surface area contributed by atoms with E-state index in [-0.39, 0.29) is 5.75 Å². The van der Waals surface area contributed by atoms with Crippen LogP contribution in [0.4, 0.5) is 37.7 Å². The van der Waals surface area contributed by atoms with Gasteiger partial charge in [-0.1, -0.05) is 6.07 Å². The monoisotopic (exact) mass is 427 g/mol. The molecule has 1 aliphatic heterocycles. The van der Waals surface area contributed by atoms with Gasteiger partial charge in [-0.05, 0) is 49.2 Å². The predicted octanol–water partition coefficient (Wildman–Crippen LogP) is 5.17. The van der Waals surface area contributed by atoms with Crippen LogP contribution in [0.5, 0.6) is 11.5 Å². The molecule has 1 aliphatic rings. The summed E-state index contributed by atoms with van der Waals surface area (Å²) >= 11 is 0. The number of methoxy groups -OCH3 is 1. The highest BCUT2D eigenvalue weighted by molar-refractivity contribution is 5.65. The Morgan fingerprint density at radius 3 is 2.39 bits per heavy atom. The molecule has 2 heterocycles. The lowest BCUT2D eigenvalue weighted by Crippen LogP contribution is -2.20. The van der Waals surface area contributed by atoms with E-state index in [1.165, 1.54) is 12.1 Å². The molecule has 4 rings (SSSR count). The third kappa shape index (κ3) is 5.50. The quantitative estimate of drug-likeness (QED) is 0.514. The Morgan fingerprint density at radius 2 is 1.68 bits per heavy atom. The summed E-state index contributed by atoms with van der Waals surface area (Å²) in [7, 11) is 1.62. The maximum absolute atomic E-state index is 12.5. The first-order chi connectivity index (χ1) is 15.1. The number of aromatic nitrogens is 2. The molecule has 7 nitrogen and oxygen atoms in total. The molecule has 0 unspecified atom stereocenters. The molecule has 0 saturated carbocycles. The Bertz CT molecular complexity index is 1010. The van der Waals surface area contributed by atoms with Crippen LogP contribution in [0, 0.1) is 0 Å². The fraction of sp³-hybridized carbons (Fsp3) is 0.273. The van der Waals surface area contributed by atoms with Crippen LogP contribution in [-0.4, -0.2) is 36.8 Å². The Balaban J connectivity index is 1.60. The van der Waals surface area contributed by atoms with Crippen molar-refractivity contribution in [1.82, 2.24) is 9.97 Å². The van der Waals surface area contributed by atoms with Gasteiger partial charge in [-0.2, -0.15) is 18.7 Å². The van der Waals surface area contributed by atoms with E-state index in [1.54, 1.807) is 19.2 Å². The summed E-state index contributed by atoms with van der Waals surface area (Å²) in [6.45, 7) is -1.02. The fourth-order valence-electron chi connectivity index (χ4n) is 3.36. The van der Waals surface area contributed by atoms with Crippen molar-refractivity contribution in [3.63, 3.8) is 0 Å². The summed E-state index contributed by atoms with van der Waals surface area (Å²) in [6, 6.07) is 15.7. The summed E-state index contributed by atoms with van der Waals surface area (Å²) in [5.74, 6) is 2.60. The first-order valence-corrected chi connectivity index (χ1v) is 9.96. The van der Waals surface area contributed by atoms with E-state index in [9.17, 15) is 8.78 Å². The van der Waals surface area contributed by atoms with Crippen LogP contribution in [0.2, 0.25) is 0 Å². The molecule has 31 heavy (non-hydrogen) atoms. The summed E-state index contributed by atoms with van der Waals surface area (Å²) in [5.41, 5.74) is 1.40. The van der Waals surface area contributed by atoms with Crippen molar-refractivity contribution in [2.24, 2.45) is 0 Å². The number of anilines is 5. The topological polar surface area (TPSA) is 71.5 Å². The highest BCUT2D eigenvalue weighted by atomic mass is 19.3. The number of benzene rings is 2. The number of nitrogens with one attached hydrogen (secondary N) is 2. The van der Waals surface area contributed by atoms with Gasteiger partial charge in [0.2, 0.25) is 5.95 Å². The van der Waals surface area contributed by atoms with Gasteiger partial charge in [0.25, 0.3) is 0 Å². The summed E-state index contributed by atoms with van der Waals surface area (Å²) < 4.78 is 34.7. The van der Waals surface area contributed by atoms with Crippen molar-refractivity contribution in [1.29, 1.82) is 0 Å². The molecule has 0 radical (unpaired) electrons. The van der Waals surface area contributed by atoms with Crippen molar-refractivity contribution in [3.8, 4) is 11.5 Å². The van der Waals surface area contributed by atoms with Crippen LogP contribution < -0.4 is 25.0 Å². The van der Waals surface area contributed by atoms with Gasteiger partial charge in [0, 0.05) is 36.6 Å². The van der Waals surface area contributed by atoms with Crippen LogP contribution in [0.15, 0.2) is 54.6 Å². The SMILES string of the molecule is COc1ccc(Nc2nc(Nc3cccc(OC(F)F)c3)cc(N3CCCC3)n2)cc1. The zero-order valence-corrected chi connectivity index (χ0v) is 17.0. The van der Waals surface area contributed by atoms with E-state index >= 15 is 0 Å². The number of hydrogen-bond acceptors (Lipinski definition) is 7. The lowest BCUT2D eigenvalue weighted by atomic mass is 10.3. The van der Waals surface area contributed by atoms with Crippen LogP contribution in [0.25, 0.3) is 0 Å². The molecular formula is C22H23F2N5O2. The van der Waals surface area contributed by atoms with Crippen molar-refractivity contribution in [2.45, 2.75) is 19.5 Å². The Hall–Kier alpha value is -3.62. The van der Waals surface area contributed by atoms with Crippen molar-refractivity contribution >= 4 is 29.0 Å². The van der Waals surface area contributed by atoms with Crippen LogP contribution in [0.3, 0.4) is 0 Å². The van der Waals surface area contributed by atoms with E-state index in [2.05, 4.69) is 30.2 Å². The molecule has 0 bridgehead atoms. The van der Waals surface area contributed by atoms with Gasteiger partial charge in [-0.3, -0.25) is 0 Å². The third-order valence-electron chi connectivity index (χ3n) is 4.82. The van der Waals surface area contributed by atoms with Crippen LogP contribution in [-0.2, 0) is 0 Å². The van der Waals surface area contributed by atoms with Crippen molar-refractivity contribution in [3.05, 3.63) is 54.6 Å². The average Bonchev–Trinajstić information content (AvgIpc) is 3.29. The van der Waals surface area contributed by atoms with Gasteiger partial charge < -0.3 is 25.0 Å². The van der Waals surface area contributed by atoms with Gasteiger partial charge in [0.1, 0.15) is 23.1 Å². The minimum Gasteiger partial charge on any atom is -0.497 e. The average molecular weight is 427 g/mol. The van der Waals surface area contributed by atoms with Crippen LogP contribution in [0.1, 0.15) is 12.8 Å². The molecule has 3 aromatic rings. The van der Waals surface area contributed by atoms with Gasteiger partial charge >= 0.3 is 6.61 Å². The molecular weight excluding hydrogens is 404 g/mol. The maximum Gasteiger partial charge on any atom is 0.387 e. The van der Waals surface area contributed by atoms with Crippen LogP contribution >= 0.6 is 0 Å². The molecule has 1 aromatic heterocycles. The van der Waals surface area contributed by atoms with E-state index < -0.39 is 6.61 Å². The maximum atomic E-state index is 12.5. The first kappa shape index (κ1) is 20.6. The minimum absolute atomic E-state index is 0.0744. The van der Waals surface area contributed by atoms with Crippen molar-refractivity contribution < 1.29 is 18.3 Å². The Morgan fingerprint density at radius 1 is 0.903 bits per heavy atom. The second kappa shape index (κ2) is 9.46. The molecule has 0 atom stereocenters. The first-order valence-electron chi connectivity index (χ1n) is 9.96. The molecule has 162 valence electrons. The molecule has 0 aliphatic carbocycles. The smallest absolute Gasteiger partial charge is 0.387 e. The predicted molar refractivity (Wildman–Crippen MR) is 116 cm³/mol.